The number of hydrogen-bond acceptors (Lipinski definition) is 5. The molecule has 0 heterocycles. The van der Waals surface area contributed by atoms with E-state index in [9.17, 15) is 19.5 Å². The average molecular weight is 513 g/mol. The summed E-state index contributed by atoms with van der Waals surface area (Å²) in [5.41, 5.74) is 5.36. The summed E-state index contributed by atoms with van der Waals surface area (Å²) in [5.74, 6) is 2.70. The quantitative estimate of drug-likeness (QED) is 0.377. The van der Waals surface area contributed by atoms with Gasteiger partial charge in [-0.1, -0.05) is 84.8 Å². The predicted octanol–water partition coefficient (Wildman–Crippen LogP) is 3.70. The van der Waals surface area contributed by atoms with E-state index in [0.29, 0.717) is 0 Å². The lowest BCUT2D eigenvalue weighted by Crippen LogP contribution is -2.48. The second kappa shape index (κ2) is 12.6. The number of hydrogen-bond donors (Lipinski definition) is 3. The van der Waals surface area contributed by atoms with Crippen molar-refractivity contribution in [1.82, 2.24) is 10.6 Å². The molecule has 3 aromatic rings. The zero-order valence-electron chi connectivity index (χ0n) is 20.8. The highest BCUT2D eigenvalue weighted by Gasteiger charge is 2.29. The Bertz CT molecular complexity index is 1320. The minimum Gasteiger partial charge on any atom is -0.480 e. The lowest BCUT2D eigenvalue weighted by atomic mass is 9.98. The first-order valence-electron chi connectivity index (χ1n) is 12.2. The molecule has 38 heavy (non-hydrogen) atoms. The third kappa shape index (κ3) is 6.58. The lowest BCUT2D eigenvalue weighted by molar-refractivity contribution is -0.145. The van der Waals surface area contributed by atoms with Gasteiger partial charge in [-0.3, -0.25) is 4.79 Å². The molecular weight excluding hydrogens is 484 g/mol. The molecule has 1 aliphatic rings. The Morgan fingerprint density at radius 3 is 2.16 bits per heavy atom. The van der Waals surface area contributed by atoms with Crippen molar-refractivity contribution in [3.05, 3.63) is 95.6 Å². The summed E-state index contributed by atoms with van der Waals surface area (Å²) in [4.78, 5) is 36.0. The van der Waals surface area contributed by atoms with Crippen LogP contribution in [0.15, 0.2) is 78.9 Å². The Hall–Kier alpha value is -4.61. The van der Waals surface area contributed by atoms with Gasteiger partial charge in [-0.2, -0.15) is 0 Å². The van der Waals surface area contributed by atoms with Crippen LogP contribution in [0.4, 0.5) is 4.79 Å². The number of aliphatic carboxylic acids is 1. The molecule has 0 fully saturated rings. The molecule has 1 aliphatic carbocycles. The lowest BCUT2D eigenvalue weighted by Gasteiger charge is -2.21. The first-order valence-corrected chi connectivity index (χ1v) is 12.2. The minimum absolute atomic E-state index is 0.0657. The fourth-order valence-corrected chi connectivity index (χ4v) is 4.35. The molecule has 3 N–H and O–H groups in total. The molecule has 194 valence electrons. The van der Waals surface area contributed by atoms with E-state index in [-0.39, 0.29) is 25.7 Å². The van der Waals surface area contributed by atoms with Crippen molar-refractivity contribution in [2.75, 3.05) is 13.2 Å². The van der Waals surface area contributed by atoms with Gasteiger partial charge in [-0.15, -0.1) is 0 Å². The standard InChI is InChI=1S/C30H28N2O6/c1-20(37-18-21-10-3-2-4-11-21)28(29(34)35)32-27(33)16-9-17-31-30(36)38-19-26-24-14-7-5-12-22(24)23-13-6-8-15-25(23)26/h2-8,10-15,20,26,28H,17-19H2,1H3,(H,31,36)(H,32,33)(H,34,35)/t20-,28+/m0/s1. The van der Waals surface area contributed by atoms with E-state index in [1.54, 1.807) is 6.92 Å². The maximum absolute atomic E-state index is 12.2. The number of carboxylic acids is 1. The molecule has 0 radical (unpaired) electrons. The Morgan fingerprint density at radius 1 is 0.921 bits per heavy atom. The van der Waals surface area contributed by atoms with Crippen LogP contribution >= 0.6 is 0 Å². The zero-order chi connectivity index (χ0) is 26.9. The van der Waals surface area contributed by atoms with Crippen LogP contribution in [-0.2, 0) is 25.7 Å². The van der Waals surface area contributed by atoms with Gasteiger partial charge in [0.25, 0.3) is 5.91 Å². The highest BCUT2D eigenvalue weighted by atomic mass is 16.5. The Balaban J connectivity index is 1.23. The van der Waals surface area contributed by atoms with Gasteiger partial charge in [0.15, 0.2) is 6.04 Å². The molecule has 0 aromatic heterocycles. The summed E-state index contributed by atoms with van der Waals surface area (Å²) in [6, 6.07) is 24.1. The third-order valence-electron chi connectivity index (χ3n) is 6.24. The van der Waals surface area contributed by atoms with E-state index in [0.717, 1.165) is 27.8 Å². The van der Waals surface area contributed by atoms with Crippen molar-refractivity contribution >= 4 is 18.0 Å². The van der Waals surface area contributed by atoms with E-state index in [1.807, 2.05) is 66.7 Å². The van der Waals surface area contributed by atoms with Gasteiger partial charge in [-0.25, -0.2) is 9.59 Å². The molecule has 3 aromatic carbocycles. The van der Waals surface area contributed by atoms with Crippen LogP contribution < -0.4 is 10.6 Å². The van der Waals surface area contributed by atoms with Crippen molar-refractivity contribution in [1.29, 1.82) is 0 Å². The van der Waals surface area contributed by atoms with E-state index in [1.165, 1.54) is 0 Å². The minimum atomic E-state index is -1.28. The average Bonchev–Trinajstić information content (AvgIpc) is 3.25. The molecule has 0 unspecified atom stereocenters. The first kappa shape index (κ1) is 26.5. The smallest absolute Gasteiger partial charge is 0.407 e. The van der Waals surface area contributed by atoms with Gasteiger partial charge in [-0.05, 0) is 40.7 Å². The summed E-state index contributed by atoms with van der Waals surface area (Å²) in [6.45, 7) is 1.79. The first-order chi connectivity index (χ1) is 18.4. The predicted molar refractivity (Wildman–Crippen MR) is 141 cm³/mol. The normalized spacial score (nSPS) is 13.2. The number of carbonyl (C=O) groups is 3. The van der Waals surface area contributed by atoms with Gasteiger partial charge in [0.05, 0.1) is 19.3 Å². The number of nitrogens with one attached hydrogen (secondary N) is 2. The summed E-state index contributed by atoms with van der Waals surface area (Å²) >= 11 is 0. The Morgan fingerprint density at radius 2 is 1.53 bits per heavy atom. The van der Waals surface area contributed by atoms with Crippen molar-refractivity contribution in [2.24, 2.45) is 0 Å². The van der Waals surface area contributed by atoms with Gasteiger partial charge in [0.1, 0.15) is 6.61 Å². The van der Waals surface area contributed by atoms with Crippen LogP contribution in [0.3, 0.4) is 0 Å². The molecule has 0 aliphatic heterocycles. The molecule has 0 bridgehead atoms. The van der Waals surface area contributed by atoms with Crippen LogP contribution in [0, 0.1) is 11.8 Å². The molecular formula is C30H28N2O6. The highest BCUT2D eigenvalue weighted by molar-refractivity contribution is 5.96. The molecule has 2 atom stereocenters. The van der Waals surface area contributed by atoms with E-state index >= 15 is 0 Å². The fraction of sp³-hybridized carbons (Fsp3) is 0.233. The van der Waals surface area contributed by atoms with E-state index < -0.39 is 30.1 Å². The molecule has 0 saturated heterocycles. The van der Waals surface area contributed by atoms with Crippen LogP contribution in [0.5, 0.6) is 0 Å². The van der Waals surface area contributed by atoms with Crippen LogP contribution in [0.2, 0.25) is 0 Å². The van der Waals surface area contributed by atoms with Crippen molar-refractivity contribution in [2.45, 2.75) is 31.6 Å². The monoisotopic (exact) mass is 512 g/mol. The number of carbonyl (C=O) groups excluding carboxylic acids is 2. The van der Waals surface area contributed by atoms with Crippen molar-refractivity contribution in [3.63, 3.8) is 0 Å². The summed E-state index contributed by atoms with van der Waals surface area (Å²) in [6.07, 6.45) is -1.45. The number of benzene rings is 3. The maximum atomic E-state index is 12.2. The number of alkyl carbamates (subject to hydrolysis) is 1. The fourth-order valence-electron chi connectivity index (χ4n) is 4.35. The second-order valence-electron chi connectivity index (χ2n) is 8.77. The van der Waals surface area contributed by atoms with Crippen LogP contribution in [-0.4, -0.2) is 48.4 Å². The SMILES string of the molecule is C[C@H](OCc1ccccc1)[C@@H](NC(=O)C#CCNC(=O)OCC1c2ccccc2-c2ccccc21)C(=O)O. The van der Waals surface area contributed by atoms with E-state index in [2.05, 4.69) is 34.6 Å². The van der Waals surface area contributed by atoms with Crippen LogP contribution in [0.25, 0.3) is 11.1 Å². The number of amides is 2. The van der Waals surface area contributed by atoms with Crippen molar-refractivity contribution < 1.29 is 29.0 Å². The second-order valence-corrected chi connectivity index (χ2v) is 8.77. The summed E-state index contributed by atoms with van der Waals surface area (Å²) in [5, 5.41) is 14.3. The summed E-state index contributed by atoms with van der Waals surface area (Å²) in [7, 11) is 0. The molecule has 8 heteroatoms. The largest absolute Gasteiger partial charge is 0.480 e. The molecule has 8 nitrogen and oxygen atoms in total. The van der Waals surface area contributed by atoms with Gasteiger partial charge in [0, 0.05) is 5.92 Å². The molecule has 0 saturated carbocycles. The van der Waals surface area contributed by atoms with Gasteiger partial charge >= 0.3 is 12.1 Å². The molecule has 4 rings (SSSR count). The highest BCUT2D eigenvalue weighted by Crippen LogP contribution is 2.44. The number of fused-ring (bicyclic) bond motifs is 3. The number of carboxylic acid groups (broad SMARTS) is 1. The topological polar surface area (TPSA) is 114 Å². The number of ether oxygens (including phenoxy) is 2. The zero-order valence-corrected chi connectivity index (χ0v) is 20.8. The number of rotatable bonds is 9. The Labute approximate surface area is 221 Å². The Kier molecular flexibility index (Phi) is 8.75. The molecule has 2 amide bonds. The van der Waals surface area contributed by atoms with Gasteiger partial charge < -0.3 is 25.2 Å². The van der Waals surface area contributed by atoms with Crippen LogP contribution in [0.1, 0.15) is 29.5 Å². The summed E-state index contributed by atoms with van der Waals surface area (Å²) < 4.78 is 11.0. The maximum Gasteiger partial charge on any atom is 0.407 e. The van der Waals surface area contributed by atoms with E-state index in [4.69, 9.17) is 9.47 Å². The van der Waals surface area contributed by atoms with Gasteiger partial charge in [0.2, 0.25) is 0 Å². The van der Waals surface area contributed by atoms with Crippen molar-refractivity contribution in [3.8, 4) is 23.0 Å². The molecule has 0 spiro atoms. The third-order valence-corrected chi connectivity index (χ3v) is 6.24.